The van der Waals surface area contributed by atoms with Gasteiger partial charge >= 0.3 is 0 Å². The highest BCUT2D eigenvalue weighted by Crippen LogP contribution is 1.97. The molecule has 2 nitrogen and oxygen atoms in total. The number of nitriles is 1. The Labute approximate surface area is 48.8 Å². The predicted molar refractivity (Wildman–Crippen MR) is 31.2 cm³/mol. The van der Waals surface area contributed by atoms with Gasteiger partial charge in [0, 0.05) is 12.1 Å². The van der Waals surface area contributed by atoms with Gasteiger partial charge in [0.15, 0.2) is 0 Å². The molecule has 0 aromatic carbocycles. The van der Waals surface area contributed by atoms with Crippen LogP contribution in [0.4, 0.5) is 0 Å². The van der Waals surface area contributed by atoms with E-state index in [1.165, 1.54) is 0 Å². The summed E-state index contributed by atoms with van der Waals surface area (Å²) in [5, 5.41) is 11.4. The van der Waals surface area contributed by atoms with E-state index >= 15 is 0 Å². The molecule has 1 rings (SSSR count). The third-order valence-electron chi connectivity index (χ3n) is 1.17. The van der Waals surface area contributed by atoms with Crippen molar-refractivity contribution in [3.63, 3.8) is 0 Å². The van der Waals surface area contributed by atoms with Crippen molar-refractivity contribution in [2.45, 2.75) is 6.42 Å². The highest BCUT2D eigenvalue weighted by molar-refractivity contribution is 5.23. The first-order chi connectivity index (χ1) is 3.93. The van der Waals surface area contributed by atoms with Crippen LogP contribution in [-0.4, -0.2) is 13.1 Å². The van der Waals surface area contributed by atoms with Crippen LogP contribution in [0.15, 0.2) is 11.6 Å². The summed E-state index contributed by atoms with van der Waals surface area (Å²) in [5.41, 5.74) is 0.872. The molecule has 0 aromatic rings. The van der Waals surface area contributed by atoms with Crippen LogP contribution in [0.25, 0.3) is 0 Å². The molecule has 0 fully saturated rings. The summed E-state index contributed by atoms with van der Waals surface area (Å²) in [6.45, 7) is 1.78. The maximum absolute atomic E-state index is 8.33. The van der Waals surface area contributed by atoms with Crippen LogP contribution in [-0.2, 0) is 0 Å². The summed E-state index contributed by atoms with van der Waals surface area (Å²) in [5.74, 6) is 0. The summed E-state index contributed by atoms with van der Waals surface area (Å²) >= 11 is 0. The zero-order valence-corrected chi connectivity index (χ0v) is 4.65. The van der Waals surface area contributed by atoms with Crippen molar-refractivity contribution in [3.8, 4) is 6.07 Å². The maximum Gasteiger partial charge on any atom is 0.0957 e. The molecule has 1 aliphatic heterocycles. The molecule has 1 aliphatic rings. The Balaban J connectivity index is 2.53. The normalized spacial score (nSPS) is 19.1. The van der Waals surface area contributed by atoms with Crippen LogP contribution in [0.2, 0.25) is 0 Å². The quantitative estimate of drug-likeness (QED) is 0.488. The van der Waals surface area contributed by atoms with E-state index in [4.69, 9.17) is 5.26 Å². The van der Waals surface area contributed by atoms with Gasteiger partial charge in [-0.2, -0.15) is 5.26 Å². The number of nitrogens with zero attached hydrogens (tertiary/aromatic N) is 1. The summed E-state index contributed by atoms with van der Waals surface area (Å²) in [7, 11) is 0. The zero-order valence-electron chi connectivity index (χ0n) is 4.65. The minimum absolute atomic E-state index is 0.760. The second kappa shape index (κ2) is 2.49. The molecule has 0 saturated heterocycles. The van der Waals surface area contributed by atoms with E-state index in [1.54, 1.807) is 0 Å². The van der Waals surface area contributed by atoms with E-state index in [9.17, 15) is 0 Å². The van der Waals surface area contributed by atoms with Crippen molar-refractivity contribution < 1.29 is 0 Å². The van der Waals surface area contributed by atoms with Crippen molar-refractivity contribution in [3.05, 3.63) is 11.6 Å². The summed E-state index contributed by atoms with van der Waals surface area (Å²) in [4.78, 5) is 0. The molecule has 0 spiro atoms. The summed E-state index contributed by atoms with van der Waals surface area (Å²) in [6.07, 6.45) is 2.99. The second-order valence-corrected chi connectivity index (χ2v) is 1.81. The first-order valence-electron chi connectivity index (χ1n) is 2.73. The van der Waals surface area contributed by atoms with Crippen LogP contribution < -0.4 is 5.32 Å². The summed E-state index contributed by atoms with van der Waals surface area (Å²) < 4.78 is 0. The fourth-order valence-electron chi connectivity index (χ4n) is 0.729. The van der Waals surface area contributed by atoms with Gasteiger partial charge in [0.05, 0.1) is 6.07 Å². The lowest BCUT2D eigenvalue weighted by Crippen LogP contribution is -2.21. The molecule has 0 amide bonds. The van der Waals surface area contributed by atoms with Gasteiger partial charge in [-0.05, 0) is 13.0 Å². The first-order valence-corrected chi connectivity index (χ1v) is 2.73. The van der Waals surface area contributed by atoms with E-state index in [0.29, 0.717) is 0 Å². The van der Waals surface area contributed by atoms with Gasteiger partial charge in [-0.25, -0.2) is 0 Å². The molecule has 0 aromatic heterocycles. The molecule has 0 radical (unpaired) electrons. The molecule has 42 valence electrons. The Morgan fingerprint density at radius 1 is 1.75 bits per heavy atom. The average Bonchev–Trinajstić information content (AvgIpc) is 1.90. The Kier molecular flexibility index (Phi) is 1.66. The lowest BCUT2D eigenvalue weighted by molar-refractivity contribution is 0.714. The molecule has 0 atom stereocenters. The third kappa shape index (κ3) is 1.08. The fraction of sp³-hybridized carbons (Fsp3) is 0.500. The van der Waals surface area contributed by atoms with Gasteiger partial charge in [-0.15, -0.1) is 0 Å². The van der Waals surface area contributed by atoms with Crippen LogP contribution in [0.3, 0.4) is 0 Å². The Hall–Kier alpha value is -0.810. The van der Waals surface area contributed by atoms with Gasteiger partial charge in [-0.3, -0.25) is 0 Å². The largest absolute Gasteiger partial charge is 0.312 e. The van der Waals surface area contributed by atoms with Crippen molar-refractivity contribution in [1.29, 1.82) is 5.26 Å². The number of rotatable bonds is 0. The van der Waals surface area contributed by atoms with Crippen molar-refractivity contribution in [1.82, 2.24) is 5.32 Å². The van der Waals surface area contributed by atoms with Gasteiger partial charge in [0.25, 0.3) is 0 Å². The standard InChI is InChI=1S/C6H8N2/c7-4-6-2-1-3-8-5-6/h2,8H,1,3,5H2. The number of nitrogens with one attached hydrogen (secondary N) is 1. The van der Waals surface area contributed by atoms with Crippen molar-refractivity contribution in [2.24, 2.45) is 0 Å². The Morgan fingerprint density at radius 3 is 3.00 bits per heavy atom. The molecular weight excluding hydrogens is 100 g/mol. The zero-order chi connectivity index (χ0) is 5.82. The first kappa shape index (κ1) is 5.33. The minimum atomic E-state index is 0.760. The molecule has 0 bridgehead atoms. The van der Waals surface area contributed by atoms with Crippen LogP contribution in [0.1, 0.15) is 6.42 Å². The highest BCUT2D eigenvalue weighted by Gasteiger charge is 1.98. The van der Waals surface area contributed by atoms with Crippen LogP contribution in [0, 0.1) is 11.3 Å². The molecular formula is C6H8N2. The van der Waals surface area contributed by atoms with E-state index in [2.05, 4.69) is 11.4 Å². The molecule has 0 aliphatic carbocycles. The monoisotopic (exact) mass is 108 g/mol. The van der Waals surface area contributed by atoms with E-state index in [1.807, 2.05) is 6.08 Å². The van der Waals surface area contributed by atoms with Crippen molar-refractivity contribution in [2.75, 3.05) is 13.1 Å². The van der Waals surface area contributed by atoms with E-state index < -0.39 is 0 Å². The maximum atomic E-state index is 8.33. The van der Waals surface area contributed by atoms with Crippen LogP contribution in [0.5, 0.6) is 0 Å². The van der Waals surface area contributed by atoms with Gasteiger partial charge in [0.2, 0.25) is 0 Å². The van der Waals surface area contributed by atoms with Crippen LogP contribution >= 0.6 is 0 Å². The summed E-state index contributed by atoms with van der Waals surface area (Å²) in [6, 6.07) is 2.10. The molecule has 8 heavy (non-hydrogen) atoms. The van der Waals surface area contributed by atoms with E-state index in [0.717, 1.165) is 25.1 Å². The van der Waals surface area contributed by atoms with Gasteiger partial charge in [-0.1, -0.05) is 6.08 Å². The highest BCUT2D eigenvalue weighted by atomic mass is 14.9. The second-order valence-electron chi connectivity index (χ2n) is 1.81. The molecule has 0 unspecified atom stereocenters. The van der Waals surface area contributed by atoms with Crippen molar-refractivity contribution >= 4 is 0 Å². The predicted octanol–water partition coefficient (Wildman–Crippen LogP) is 0.430. The SMILES string of the molecule is N#CC1=CCCNC1. The molecule has 2 heteroatoms. The number of hydrogen-bond acceptors (Lipinski definition) is 2. The van der Waals surface area contributed by atoms with E-state index in [-0.39, 0.29) is 0 Å². The topological polar surface area (TPSA) is 35.8 Å². The average molecular weight is 108 g/mol. The van der Waals surface area contributed by atoms with Gasteiger partial charge < -0.3 is 5.32 Å². The Bertz CT molecular complexity index is 141. The minimum Gasteiger partial charge on any atom is -0.312 e. The third-order valence-corrected chi connectivity index (χ3v) is 1.17. The molecule has 1 heterocycles. The smallest absolute Gasteiger partial charge is 0.0957 e. The number of hydrogen-bond donors (Lipinski definition) is 1. The lowest BCUT2D eigenvalue weighted by Gasteiger charge is -2.06. The fourth-order valence-corrected chi connectivity index (χ4v) is 0.729. The Morgan fingerprint density at radius 2 is 2.62 bits per heavy atom. The molecule has 0 saturated carbocycles. The van der Waals surface area contributed by atoms with Gasteiger partial charge in [0.1, 0.15) is 0 Å². The lowest BCUT2D eigenvalue weighted by atomic mass is 10.2. The molecule has 1 N–H and O–H groups in total.